The zero-order valence-electron chi connectivity index (χ0n) is 15.6. The first-order chi connectivity index (χ1) is 13.4. The molecule has 2 aliphatic rings. The lowest BCUT2D eigenvalue weighted by molar-refractivity contribution is -0.128. The highest BCUT2D eigenvalue weighted by molar-refractivity contribution is 7.89. The second-order valence-corrected chi connectivity index (χ2v) is 9.72. The van der Waals surface area contributed by atoms with Gasteiger partial charge in [-0.3, -0.25) is 4.79 Å². The Labute approximate surface area is 170 Å². The first-order valence-electron chi connectivity index (χ1n) is 9.68. The standard InChI is InChI=1S/C19H27ClN2O5S/c20-14-3-6-16(7-4-14)28(25,26)21-10-9-15-5-8-17(18(12-23)27-15)22-19(24)11-13-1-2-13/h3-4,6-7,13,15,17-18,21,23H,1-2,5,8-12H2,(H,22,24)/t15-,17-,18-/m1/s1. The minimum atomic E-state index is -3.60. The SMILES string of the molecule is O=C(CC1CC1)N[C@@H]1CC[C@H](CCNS(=O)(=O)c2ccc(Cl)cc2)O[C@@H]1CO. The number of carbonyl (C=O) groups is 1. The fraction of sp³-hybridized carbons (Fsp3) is 0.632. The van der Waals surface area contributed by atoms with Gasteiger partial charge in [0.05, 0.1) is 23.6 Å². The van der Waals surface area contributed by atoms with Crippen molar-refractivity contribution in [3.8, 4) is 0 Å². The maximum atomic E-state index is 12.3. The number of hydrogen-bond donors (Lipinski definition) is 3. The zero-order chi connectivity index (χ0) is 20.1. The van der Waals surface area contributed by atoms with Crippen LogP contribution in [0.5, 0.6) is 0 Å². The van der Waals surface area contributed by atoms with Gasteiger partial charge in [-0.2, -0.15) is 0 Å². The monoisotopic (exact) mass is 430 g/mol. The van der Waals surface area contributed by atoms with Crippen molar-refractivity contribution in [2.45, 2.75) is 61.7 Å². The van der Waals surface area contributed by atoms with Gasteiger partial charge in [0.15, 0.2) is 0 Å². The highest BCUT2D eigenvalue weighted by Crippen LogP contribution is 2.32. The van der Waals surface area contributed by atoms with Crippen LogP contribution in [-0.4, -0.2) is 50.8 Å². The summed E-state index contributed by atoms with van der Waals surface area (Å²) in [5.41, 5.74) is 0. The van der Waals surface area contributed by atoms with Crippen LogP contribution in [-0.2, 0) is 19.6 Å². The molecule has 1 aliphatic carbocycles. The average Bonchev–Trinajstić information content (AvgIpc) is 3.47. The number of amides is 1. The van der Waals surface area contributed by atoms with E-state index < -0.39 is 16.1 Å². The fourth-order valence-electron chi connectivity index (χ4n) is 3.41. The Balaban J connectivity index is 1.44. The molecule has 3 atom stereocenters. The molecule has 0 bridgehead atoms. The molecule has 0 aromatic heterocycles. The van der Waals surface area contributed by atoms with Gasteiger partial charge in [-0.25, -0.2) is 13.1 Å². The molecule has 3 N–H and O–H groups in total. The molecular formula is C19H27ClN2O5S. The zero-order valence-corrected chi connectivity index (χ0v) is 17.2. The summed E-state index contributed by atoms with van der Waals surface area (Å²) in [4.78, 5) is 12.2. The third-order valence-corrected chi connectivity index (χ3v) is 6.92. The van der Waals surface area contributed by atoms with Crippen LogP contribution in [0.4, 0.5) is 0 Å². The summed E-state index contributed by atoms with van der Waals surface area (Å²) in [7, 11) is -3.60. The summed E-state index contributed by atoms with van der Waals surface area (Å²) in [6.45, 7) is 0.0495. The average molecular weight is 431 g/mol. The summed E-state index contributed by atoms with van der Waals surface area (Å²) < 4.78 is 33.0. The number of ether oxygens (including phenoxy) is 1. The maximum absolute atomic E-state index is 12.3. The number of halogens is 1. The highest BCUT2D eigenvalue weighted by Gasteiger charge is 2.33. The van der Waals surface area contributed by atoms with Gasteiger partial charge in [-0.05, 0) is 62.3 Å². The molecule has 9 heteroatoms. The van der Waals surface area contributed by atoms with Crippen LogP contribution in [0.1, 0.15) is 38.5 Å². The molecule has 156 valence electrons. The Morgan fingerprint density at radius 2 is 1.89 bits per heavy atom. The summed E-state index contributed by atoms with van der Waals surface area (Å²) in [5, 5.41) is 13.1. The first-order valence-corrected chi connectivity index (χ1v) is 11.5. The van der Waals surface area contributed by atoms with E-state index in [0.29, 0.717) is 36.6 Å². The van der Waals surface area contributed by atoms with Gasteiger partial charge in [0.2, 0.25) is 15.9 Å². The van der Waals surface area contributed by atoms with Crippen LogP contribution >= 0.6 is 11.6 Å². The van der Waals surface area contributed by atoms with Crippen LogP contribution in [0.25, 0.3) is 0 Å². The normalized spacial score (nSPS) is 25.4. The van der Waals surface area contributed by atoms with Crippen LogP contribution in [0.2, 0.25) is 5.02 Å². The number of rotatable bonds is 9. The quantitative estimate of drug-likeness (QED) is 0.554. The molecule has 1 heterocycles. The Hall–Kier alpha value is -1.19. The largest absolute Gasteiger partial charge is 0.394 e. The Morgan fingerprint density at radius 1 is 1.18 bits per heavy atom. The lowest BCUT2D eigenvalue weighted by Crippen LogP contribution is -2.51. The van der Waals surface area contributed by atoms with E-state index in [1.807, 2.05) is 0 Å². The van der Waals surface area contributed by atoms with E-state index in [9.17, 15) is 18.3 Å². The lowest BCUT2D eigenvalue weighted by Gasteiger charge is -2.36. The Kier molecular flexibility index (Phi) is 7.33. The van der Waals surface area contributed by atoms with Crippen LogP contribution in [0.15, 0.2) is 29.2 Å². The minimum absolute atomic E-state index is 0.0173. The first kappa shape index (κ1) is 21.5. The van der Waals surface area contributed by atoms with Gasteiger partial charge in [0.1, 0.15) is 6.10 Å². The van der Waals surface area contributed by atoms with Crippen molar-refractivity contribution < 1.29 is 23.1 Å². The van der Waals surface area contributed by atoms with E-state index in [1.54, 1.807) is 0 Å². The molecule has 1 saturated heterocycles. The molecule has 2 fully saturated rings. The third kappa shape index (κ3) is 6.15. The van der Waals surface area contributed by atoms with Gasteiger partial charge < -0.3 is 15.2 Å². The van der Waals surface area contributed by atoms with Crippen molar-refractivity contribution in [2.24, 2.45) is 5.92 Å². The molecule has 0 unspecified atom stereocenters. The molecule has 28 heavy (non-hydrogen) atoms. The second kappa shape index (κ2) is 9.54. The smallest absolute Gasteiger partial charge is 0.240 e. The van der Waals surface area contributed by atoms with E-state index in [-0.39, 0.29) is 36.1 Å². The molecule has 0 spiro atoms. The molecule has 0 radical (unpaired) electrons. The maximum Gasteiger partial charge on any atom is 0.240 e. The number of benzene rings is 1. The van der Waals surface area contributed by atoms with Gasteiger partial charge >= 0.3 is 0 Å². The van der Waals surface area contributed by atoms with Crippen molar-refractivity contribution >= 4 is 27.5 Å². The molecule has 1 saturated carbocycles. The van der Waals surface area contributed by atoms with Crippen molar-refractivity contribution in [1.82, 2.24) is 10.0 Å². The highest BCUT2D eigenvalue weighted by atomic mass is 35.5. The predicted octanol–water partition coefficient (Wildman–Crippen LogP) is 1.83. The van der Waals surface area contributed by atoms with Crippen molar-refractivity contribution in [3.63, 3.8) is 0 Å². The van der Waals surface area contributed by atoms with Crippen molar-refractivity contribution in [2.75, 3.05) is 13.2 Å². The van der Waals surface area contributed by atoms with Gasteiger partial charge in [-0.1, -0.05) is 11.6 Å². The van der Waals surface area contributed by atoms with E-state index in [2.05, 4.69) is 10.0 Å². The number of carbonyl (C=O) groups excluding carboxylic acids is 1. The number of hydrogen-bond acceptors (Lipinski definition) is 5. The lowest BCUT2D eigenvalue weighted by atomic mass is 9.97. The molecule has 1 aliphatic heterocycles. The third-order valence-electron chi connectivity index (χ3n) is 5.20. The van der Waals surface area contributed by atoms with Crippen LogP contribution in [0.3, 0.4) is 0 Å². The minimum Gasteiger partial charge on any atom is -0.394 e. The number of nitrogens with one attached hydrogen (secondary N) is 2. The number of aliphatic hydroxyl groups excluding tert-OH is 1. The van der Waals surface area contributed by atoms with E-state index >= 15 is 0 Å². The number of sulfonamides is 1. The Morgan fingerprint density at radius 3 is 2.54 bits per heavy atom. The molecule has 1 aromatic rings. The topological polar surface area (TPSA) is 105 Å². The fourth-order valence-corrected chi connectivity index (χ4v) is 4.58. The van der Waals surface area contributed by atoms with E-state index in [4.69, 9.17) is 16.3 Å². The summed E-state index contributed by atoms with van der Waals surface area (Å²) in [6, 6.07) is 5.78. The van der Waals surface area contributed by atoms with E-state index in [1.165, 1.54) is 24.3 Å². The molecule has 1 aromatic carbocycles. The van der Waals surface area contributed by atoms with Gasteiger partial charge in [0, 0.05) is 18.0 Å². The van der Waals surface area contributed by atoms with Crippen LogP contribution in [0, 0.1) is 5.92 Å². The predicted molar refractivity (Wildman–Crippen MR) is 106 cm³/mol. The van der Waals surface area contributed by atoms with Gasteiger partial charge in [-0.15, -0.1) is 0 Å². The molecule has 7 nitrogen and oxygen atoms in total. The summed E-state index contributed by atoms with van der Waals surface area (Å²) in [6.07, 6.45) is 4.05. The van der Waals surface area contributed by atoms with E-state index in [0.717, 1.165) is 12.8 Å². The number of aliphatic hydroxyl groups is 1. The second-order valence-electron chi connectivity index (χ2n) is 7.52. The Bertz CT molecular complexity index is 767. The molecule has 3 rings (SSSR count). The summed E-state index contributed by atoms with van der Waals surface area (Å²) >= 11 is 5.79. The van der Waals surface area contributed by atoms with Gasteiger partial charge in [0.25, 0.3) is 0 Å². The molecule has 1 amide bonds. The van der Waals surface area contributed by atoms with Crippen LogP contribution < -0.4 is 10.0 Å². The molecular weight excluding hydrogens is 404 g/mol. The van der Waals surface area contributed by atoms with Crippen molar-refractivity contribution in [1.29, 1.82) is 0 Å². The summed E-state index contributed by atoms with van der Waals surface area (Å²) in [5.74, 6) is 0.530. The van der Waals surface area contributed by atoms with Crippen molar-refractivity contribution in [3.05, 3.63) is 29.3 Å².